The van der Waals surface area contributed by atoms with Crippen molar-refractivity contribution < 1.29 is 9.53 Å². The van der Waals surface area contributed by atoms with Crippen LogP contribution < -0.4 is 0 Å². The van der Waals surface area contributed by atoms with E-state index >= 15 is 0 Å². The lowest BCUT2D eigenvalue weighted by atomic mass is 10.2. The van der Waals surface area contributed by atoms with Crippen molar-refractivity contribution in [3.05, 3.63) is 36.5 Å². The molecule has 0 amide bonds. The fourth-order valence-corrected chi connectivity index (χ4v) is 0.716. The second-order valence-corrected chi connectivity index (χ2v) is 2.48. The minimum absolute atomic E-state index is 0.312. The fourth-order valence-electron chi connectivity index (χ4n) is 0.716. The molecular weight excluding hydrogens is 164 g/mol. The molecule has 0 saturated carbocycles. The Kier molecular flexibility index (Phi) is 6.60. The van der Waals surface area contributed by atoms with E-state index in [1.807, 2.05) is 31.2 Å². The number of esters is 1. The maximum Gasteiger partial charge on any atom is 0.333 e. The van der Waals surface area contributed by atoms with E-state index in [0.29, 0.717) is 18.6 Å². The van der Waals surface area contributed by atoms with Crippen molar-refractivity contribution in [3.8, 4) is 0 Å². The molecule has 0 aromatic heterocycles. The van der Waals surface area contributed by atoms with Crippen LogP contribution in [0.1, 0.15) is 20.3 Å². The van der Waals surface area contributed by atoms with Crippen LogP contribution in [-0.2, 0) is 9.53 Å². The van der Waals surface area contributed by atoms with Gasteiger partial charge in [0.1, 0.15) is 0 Å². The second-order valence-electron chi connectivity index (χ2n) is 2.48. The highest BCUT2D eigenvalue weighted by Crippen LogP contribution is 2.01. The van der Waals surface area contributed by atoms with Crippen LogP contribution in [0.3, 0.4) is 0 Å². The topological polar surface area (TPSA) is 26.3 Å². The molecule has 72 valence electrons. The quantitative estimate of drug-likeness (QED) is 0.369. The zero-order valence-corrected chi connectivity index (χ0v) is 8.25. The number of rotatable bonds is 5. The Bertz CT molecular complexity index is 224. The average molecular weight is 180 g/mol. The van der Waals surface area contributed by atoms with E-state index in [4.69, 9.17) is 4.74 Å². The number of carbonyl (C=O) groups excluding carboxylic acids is 1. The third-order valence-corrected chi connectivity index (χ3v) is 1.37. The molecule has 0 aliphatic heterocycles. The van der Waals surface area contributed by atoms with E-state index in [9.17, 15) is 4.79 Å². The van der Waals surface area contributed by atoms with Crippen LogP contribution in [0.5, 0.6) is 0 Å². The number of allylic oxidation sites excluding steroid dienone is 4. The lowest BCUT2D eigenvalue weighted by molar-refractivity contribution is -0.138. The zero-order chi connectivity index (χ0) is 10.1. The van der Waals surface area contributed by atoms with Crippen LogP contribution >= 0.6 is 0 Å². The normalized spacial score (nSPS) is 10.9. The number of hydrogen-bond acceptors (Lipinski definition) is 2. The van der Waals surface area contributed by atoms with E-state index < -0.39 is 0 Å². The van der Waals surface area contributed by atoms with E-state index in [2.05, 4.69) is 6.58 Å². The van der Waals surface area contributed by atoms with Crippen molar-refractivity contribution in [2.24, 2.45) is 0 Å². The molecule has 13 heavy (non-hydrogen) atoms. The van der Waals surface area contributed by atoms with Gasteiger partial charge in [-0.05, 0) is 20.3 Å². The summed E-state index contributed by atoms with van der Waals surface area (Å²) in [7, 11) is 0. The highest BCUT2D eigenvalue weighted by Gasteiger charge is 2.04. The molecule has 2 heteroatoms. The number of hydrogen-bond donors (Lipinski definition) is 0. The van der Waals surface area contributed by atoms with Crippen molar-refractivity contribution in [2.45, 2.75) is 20.3 Å². The number of carbonyl (C=O) groups is 1. The lowest BCUT2D eigenvalue weighted by Crippen LogP contribution is -2.05. The number of ether oxygens (including phenoxy) is 1. The Balaban J connectivity index is 3.80. The maximum absolute atomic E-state index is 11.0. The molecule has 0 atom stereocenters. The first-order chi connectivity index (χ1) is 6.22. The third kappa shape index (κ3) is 5.91. The van der Waals surface area contributed by atoms with Gasteiger partial charge in [0.2, 0.25) is 0 Å². The molecule has 0 aromatic carbocycles. The van der Waals surface area contributed by atoms with Gasteiger partial charge >= 0.3 is 5.97 Å². The van der Waals surface area contributed by atoms with Crippen LogP contribution in [0, 0.1) is 0 Å². The third-order valence-electron chi connectivity index (χ3n) is 1.37. The van der Waals surface area contributed by atoms with E-state index in [1.54, 1.807) is 6.92 Å². The average Bonchev–Trinajstić information content (AvgIpc) is 2.12. The van der Waals surface area contributed by atoms with Gasteiger partial charge in [-0.25, -0.2) is 4.79 Å². The molecule has 0 bridgehead atoms. The summed E-state index contributed by atoms with van der Waals surface area (Å²) in [6.07, 6.45) is 8.12. The predicted molar refractivity (Wildman–Crippen MR) is 54.3 cm³/mol. The second kappa shape index (κ2) is 7.35. The standard InChI is InChI=1S/C11H16O2/c1-4-6-7-8-9-10(3)11(12)13-5-2/h4,6-8H,3,5,9H2,1-2H3. The van der Waals surface area contributed by atoms with Gasteiger partial charge in [-0.2, -0.15) is 0 Å². The molecule has 0 heterocycles. The van der Waals surface area contributed by atoms with Gasteiger partial charge in [0, 0.05) is 5.57 Å². The molecular formula is C11H16O2. The molecule has 0 aliphatic rings. The molecule has 0 unspecified atom stereocenters. The molecule has 0 N–H and O–H groups in total. The van der Waals surface area contributed by atoms with Gasteiger partial charge in [-0.1, -0.05) is 30.9 Å². The van der Waals surface area contributed by atoms with Gasteiger partial charge in [-0.15, -0.1) is 0 Å². The first kappa shape index (κ1) is 11.7. The zero-order valence-electron chi connectivity index (χ0n) is 8.25. The Labute approximate surface area is 79.6 Å². The molecule has 2 nitrogen and oxygen atoms in total. The summed E-state index contributed by atoms with van der Waals surface area (Å²) in [6.45, 7) is 7.73. The van der Waals surface area contributed by atoms with Gasteiger partial charge in [-0.3, -0.25) is 0 Å². The first-order valence-electron chi connectivity index (χ1n) is 4.35. The van der Waals surface area contributed by atoms with Crippen LogP contribution in [0.2, 0.25) is 0 Å². The molecule has 0 spiro atoms. The SMILES string of the molecule is C=C(CC=CC=CC)C(=O)OCC. The minimum atomic E-state index is -0.312. The molecule has 0 radical (unpaired) electrons. The predicted octanol–water partition coefficient (Wildman–Crippen LogP) is 2.63. The summed E-state index contributed by atoms with van der Waals surface area (Å²) < 4.78 is 4.77. The summed E-state index contributed by atoms with van der Waals surface area (Å²) in [6, 6.07) is 0. The minimum Gasteiger partial charge on any atom is -0.463 e. The molecule has 0 aliphatic carbocycles. The Morgan fingerprint density at radius 1 is 1.46 bits per heavy atom. The largest absolute Gasteiger partial charge is 0.463 e. The van der Waals surface area contributed by atoms with Crippen LogP contribution in [0.4, 0.5) is 0 Å². The highest BCUT2D eigenvalue weighted by atomic mass is 16.5. The van der Waals surface area contributed by atoms with Crippen LogP contribution in [0.25, 0.3) is 0 Å². The smallest absolute Gasteiger partial charge is 0.333 e. The summed E-state index contributed by atoms with van der Waals surface area (Å²) in [5, 5.41) is 0. The van der Waals surface area contributed by atoms with Crippen molar-refractivity contribution in [1.29, 1.82) is 0 Å². The van der Waals surface area contributed by atoms with Gasteiger partial charge < -0.3 is 4.74 Å². The van der Waals surface area contributed by atoms with E-state index in [0.717, 1.165) is 0 Å². The van der Waals surface area contributed by atoms with Crippen molar-refractivity contribution in [3.63, 3.8) is 0 Å². The lowest BCUT2D eigenvalue weighted by Gasteiger charge is -2.00. The molecule has 0 rings (SSSR count). The van der Waals surface area contributed by atoms with Crippen molar-refractivity contribution in [1.82, 2.24) is 0 Å². The fraction of sp³-hybridized carbons (Fsp3) is 0.364. The molecule has 0 aromatic rings. The van der Waals surface area contributed by atoms with Gasteiger partial charge in [0.15, 0.2) is 0 Å². The molecule has 0 fully saturated rings. The Hall–Kier alpha value is -1.31. The van der Waals surface area contributed by atoms with Gasteiger partial charge in [0.05, 0.1) is 6.61 Å². The van der Waals surface area contributed by atoms with E-state index in [1.165, 1.54) is 0 Å². The summed E-state index contributed by atoms with van der Waals surface area (Å²) in [5.74, 6) is -0.312. The van der Waals surface area contributed by atoms with Crippen LogP contribution in [-0.4, -0.2) is 12.6 Å². The van der Waals surface area contributed by atoms with Crippen molar-refractivity contribution >= 4 is 5.97 Å². The Morgan fingerprint density at radius 2 is 2.15 bits per heavy atom. The van der Waals surface area contributed by atoms with Crippen LogP contribution in [0.15, 0.2) is 36.5 Å². The summed E-state index contributed by atoms with van der Waals surface area (Å²) >= 11 is 0. The summed E-state index contributed by atoms with van der Waals surface area (Å²) in [5.41, 5.74) is 0.489. The molecule has 0 saturated heterocycles. The van der Waals surface area contributed by atoms with Crippen molar-refractivity contribution in [2.75, 3.05) is 6.61 Å². The summed E-state index contributed by atoms with van der Waals surface area (Å²) in [4.78, 5) is 11.0. The first-order valence-corrected chi connectivity index (χ1v) is 4.35. The van der Waals surface area contributed by atoms with E-state index in [-0.39, 0.29) is 5.97 Å². The monoisotopic (exact) mass is 180 g/mol. The maximum atomic E-state index is 11.0. The Morgan fingerprint density at radius 3 is 2.69 bits per heavy atom. The van der Waals surface area contributed by atoms with Gasteiger partial charge in [0.25, 0.3) is 0 Å². The highest BCUT2D eigenvalue weighted by molar-refractivity contribution is 5.87.